The Morgan fingerprint density at radius 2 is 1.62 bits per heavy atom. The predicted molar refractivity (Wildman–Crippen MR) is 159 cm³/mol. The molecule has 0 amide bonds. The van der Waals surface area contributed by atoms with Crippen LogP contribution in [0.3, 0.4) is 0 Å². The van der Waals surface area contributed by atoms with Crippen molar-refractivity contribution in [2.75, 3.05) is 41.3 Å². The van der Waals surface area contributed by atoms with Gasteiger partial charge in [0.05, 0.1) is 28.4 Å². The average Bonchev–Trinajstić information content (AvgIpc) is 3.03. The summed E-state index contributed by atoms with van der Waals surface area (Å²) in [5.74, 6) is -0.125. The molecule has 1 saturated heterocycles. The summed E-state index contributed by atoms with van der Waals surface area (Å²) < 4.78 is 62.8. The van der Waals surface area contributed by atoms with E-state index in [1.54, 1.807) is 55.6 Å². The van der Waals surface area contributed by atoms with Crippen molar-refractivity contribution in [2.45, 2.75) is 6.18 Å². The third-order valence-electron chi connectivity index (χ3n) is 7.38. The molecular formula is C31H24F4N8O2. The van der Waals surface area contributed by atoms with Gasteiger partial charge in [-0.25, -0.2) is 4.39 Å². The number of anilines is 4. The van der Waals surface area contributed by atoms with Gasteiger partial charge >= 0.3 is 12.2 Å². The topological polar surface area (TPSA) is 112 Å². The SMILES string of the molecule is Cn1c(=O)cc(Oc2nc(Nc3ccc(C#N)c(C(F)(F)F)c3)nc(N3CCN(c4ccccc4F)CC3)n2)c2ccccc21. The number of hydrogen-bond donors (Lipinski definition) is 1. The number of aryl methyl sites for hydroxylation is 1. The fraction of sp³-hybridized carbons (Fsp3) is 0.194. The fourth-order valence-electron chi connectivity index (χ4n) is 5.09. The molecule has 0 saturated carbocycles. The van der Waals surface area contributed by atoms with Gasteiger partial charge in [0.1, 0.15) is 11.6 Å². The highest BCUT2D eigenvalue weighted by molar-refractivity contribution is 5.85. The minimum absolute atomic E-state index is 0.0205. The van der Waals surface area contributed by atoms with Gasteiger partial charge in [0.15, 0.2) is 0 Å². The molecule has 0 radical (unpaired) electrons. The number of halogens is 4. The molecule has 2 aromatic heterocycles. The Balaban J connectivity index is 1.36. The molecular weight excluding hydrogens is 592 g/mol. The summed E-state index contributed by atoms with van der Waals surface area (Å²) in [6.45, 7) is 1.66. The monoisotopic (exact) mass is 616 g/mol. The van der Waals surface area contributed by atoms with Crippen LogP contribution < -0.4 is 25.4 Å². The van der Waals surface area contributed by atoms with Gasteiger partial charge in [-0.15, -0.1) is 0 Å². The summed E-state index contributed by atoms with van der Waals surface area (Å²) in [4.78, 5) is 29.6. The zero-order valence-corrected chi connectivity index (χ0v) is 23.7. The highest BCUT2D eigenvalue weighted by Crippen LogP contribution is 2.35. The lowest BCUT2D eigenvalue weighted by Crippen LogP contribution is -2.47. The third kappa shape index (κ3) is 6.05. The molecule has 228 valence electrons. The van der Waals surface area contributed by atoms with Gasteiger partial charge in [-0.2, -0.15) is 33.4 Å². The molecule has 1 N–H and O–H groups in total. The van der Waals surface area contributed by atoms with Crippen LogP contribution in [-0.2, 0) is 13.2 Å². The molecule has 0 atom stereocenters. The van der Waals surface area contributed by atoms with Crippen LogP contribution in [0.1, 0.15) is 11.1 Å². The molecule has 0 unspecified atom stereocenters. The van der Waals surface area contributed by atoms with E-state index in [1.165, 1.54) is 22.8 Å². The minimum Gasteiger partial charge on any atom is -0.423 e. The lowest BCUT2D eigenvalue weighted by atomic mass is 10.1. The standard InChI is InChI=1S/C31H24F4N8O2/c1-41-24-8-4-2-6-21(24)26(17-27(41)44)45-30-39-28(37-20-11-10-19(18-36)22(16-20)31(33,34)35)38-29(40-30)43-14-12-42(13-15-43)25-9-5-3-7-23(25)32/h2-11,16-17H,12-15H2,1H3,(H,37,38,39,40). The number of ether oxygens (including phenoxy) is 1. The molecule has 0 aliphatic carbocycles. The maximum Gasteiger partial charge on any atom is 0.417 e. The number of piperazine rings is 1. The smallest absolute Gasteiger partial charge is 0.417 e. The van der Waals surface area contributed by atoms with Crippen molar-refractivity contribution in [3.63, 3.8) is 0 Å². The van der Waals surface area contributed by atoms with E-state index in [9.17, 15) is 22.4 Å². The molecule has 0 bridgehead atoms. The van der Waals surface area contributed by atoms with Gasteiger partial charge in [0.2, 0.25) is 11.9 Å². The van der Waals surface area contributed by atoms with Gasteiger partial charge < -0.3 is 24.4 Å². The van der Waals surface area contributed by atoms with Crippen molar-refractivity contribution >= 4 is 34.2 Å². The van der Waals surface area contributed by atoms with E-state index in [-0.39, 0.29) is 40.7 Å². The second kappa shape index (κ2) is 11.8. The number of pyridine rings is 1. The Morgan fingerprint density at radius 1 is 0.911 bits per heavy atom. The van der Waals surface area contributed by atoms with Crippen molar-refractivity contribution in [3.05, 3.63) is 100 Å². The number of fused-ring (bicyclic) bond motifs is 1. The summed E-state index contributed by atoms with van der Waals surface area (Å²) in [5.41, 5.74) is -0.923. The van der Waals surface area contributed by atoms with Crippen LogP contribution in [0.2, 0.25) is 0 Å². The van der Waals surface area contributed by atoms with E-state index in [4.69, 9.17) is 10.00 Å². The van der Waals surface area contributed by atoms with Crippen LogP contribution in [0.25, 0.3) is 10.9 Å². The van der Waals surface area contributed by atoms with Gasteiger partial charge in [-0.05, 0) is 42.5 Å². The number of para-hydroxylation sites is 2. The molecule has 6 rings (SSSR count). The first-order valence-electron chi connectivity index (χ1n) is 13.8. The fourth-order valence-corrected chi connectivity index (χ4v) is 5.09. The normalized spacial score (nSPS) is 13.5. The largest absolute Gasteiger partial charge is 0.423 e. The quantitative estimate of drug-likeness (QED) is 0.243. The molecule has 1 aliphatic rings. The summed E-state index contributed by atoms with van der Waals surface area (Å²) in [7, 11) is 1.63. The molecule has 1 fully saturated rings. The highest BCUT2D eigenvalue weighted by Gasteiger charge is 2.34. The van der Waals surface area contributed by atoms with Crippen LogP contribution >= 0.6 is 0 Å². The average molecular weight is 617 g/mol. The third-order valence-corrected chi connectivity index (χ3v) is 7.38. The predicted octanol–water partition coefficient (Wildman–Crippen LogP) is 5.62. The second-order valence-corrected chi connectivity index (χ2v) is 10.2. The first-order chi connectivity index (χ1) is 21.6. The number of rotatable bonds is 6. The van der Waals surface area contributed by atoms with Crippen LogP contribution in [0.5, 0.6) is 11.8 Å². The molecule has 5 aromatic rings. The summed E-state index contributed by atoms with van der Waals surface area (Å²) in [6.07, 6.45) is -4.76. The zero-order chi connectivity index (χ0) is 31.7. The van der Waals surface area contributed by atoms with Crippen molar-refractivity contribution in [3.8, 4) is 17.8 Å². The van der Waals surface area contributed by atoms with E-state index in [0.29, 0.717) is 42.8 Å². The lowest BCUT2D eigenvalue weighted by Gasteiger charge is -2.36. The molecule has 3 aromatic carbocycles. The Labute approximate surface area is 253 Å². The first kappa shape index (κ1) is 29.4. The Bertz CT molecular complexity index is 2000. The van der Waals surface area contributed by atoms with Gasteiger partial charge in [-0.1, -0.05) is 24.3 Å². The molecule has 0 spiro atoms. The molecule has 14 heteroatoms. The van der Waals surface area contributed by atoms with Crippen LogP contribution in [0.15, 0.2) is 77.6 Å². The Kier molecular flexibility index (Phi) is 7.67. The van der Waals surface area contributed by atoms with Crippen molar-refractivity contribution in [1.82, 2.24) is 19.5 Å². The number of nitrogens with one attached hydrogen (secondary N) is 1. The van der Waals surface area contributed by atoms with Crippen molar-refractivity contribution in [1.29, 1.82) is 5.26 Å². The van der Waals surface area contributed by atoms with E-state index in [1.807, 2.05) is 9.80 Å². The zero-order valence-electron chi connectivity index (χ0n) is 23.7. The minimum atomic E-state index is -4.76. The van der Waals surface area contributed by atoms with E-state index >= 15 is 0 Å². The number of nitrogens with zero attached hydrogens (tertiary/aromatic N) is 7. The maximum atomic E-state index is 14.4. The maximum absolute atomic E-state index is 14.4. The molecule has 1 aliphatic heterocycles. The molecule has 3 heterocycles. The van der Waals surface area contributed by atoms with Crippen molar-refractivity contribution in [2.24, 2.45) is 7.05 Å². The highest BCUT2D eigenvalue weighted by atomic mass is 19.4. The number of alkyl halides is 3. The van der Waals surface area contributed by atoms with Crippen LogP contribution in [-0.4, -0.2) is 45.7 Å². The number of nitriles is 1. The Morgan fingerprint density at radius 3 is 2.36 bits per heavy atom. The Hall–Kier alpha value is -5.71. The molecule has 10 nitrogen and oxygen atoms in total. The van der Waals surface area contributed by atoms with Crippen molar-refractivity contribution < 1.29 is 22.3 Å². The lowest BCUT2D eigenvalue weighted by molar-refractivity contribution is -0.137. The number of benzene rings is 3. The van der Waals surface area contributed by atoms with Crippen LogP contribution in [0.4, 0.5) is 40.8 Å². The first-order valence-corrected chi connectivity index (χ1v) is 13.8. The summed E-state index contributed by atoms with van der Waals surface area (Å²) in [6, 6.07) is 19.3. The van der Waals surface area contributed by atoms with E-state index < -0.39 is 17.3 Å². The molecule has 45 heavy (non-hydrogen) atoms. The summed E-state index contributed by atoms with van der Waals surface area (Å²) >= 11 is 0. The van der Waals surface area contributed by atoms with Gasteiger partial charge in [-0.3, -0.25) is 4.79 Å². The van der Waals surface area contributed by atoms with Crippen LogP contribution in [0, 0.1) is 17.1 Å². The summed E-state index contributed by atoms with van der Waals surface area (Å²) in [5, 5.41) is 12.5. The number of hydrogen-bond acceptors (Lipinski definition) is 9. The van der Waals surface area contributed by atoms with E-state index in [2.05, 4.69) is 20.3 Å². The second-order valence-electron chi connectivity index (χ2n) is 10.2. The van der Waals surface area contributed by atoms with Gasteiger partial charge in [0.25, 0.3) is 5.56 Å². The van der Waals surface area contributed by atoms with Gasteiger partial charge in [0, 0.05) is 50.4 Å². The number of aromatic nitrogens is 4. The van der Waals surface area contributed by atoms with E-state index in [0.717, 1.165) is 12.1 Å².